The first kappa shape index (κ1) is 14.8. The van der Waals surface area contributed by atoms with Crippen LogP contribution in [-0.4, -0.2) is 25.2 Å². The Labute approximate surface area is 111 Å². The summed E-state index contributed by atoms with van der Waals surface area (Å²) in [5.74, 6) is 0.935. The number of phenolic OH excluding ortho intramolecular Hbond substituents is 1. The van der Waals surface area contributed by atoms with E-state index in [0.29, 0.717) is 17.7 Å². The van der Waals surface area contributed by atoms with Gasteiger partial charge in [-0.2, -0.15) is 0 Å². The van der Waals surface area contributed by atoms with Gasteiger partial charge in [0.05, 0.1) is 0 Å². The van der Waals surface area contributed by atoms with Crippen LogP contribution in [0.2, 0.25) is 0 Å². The molecule has 0 aliphatic rings. The standard InChI is InChI=1S/C15H26N2O/c1-10(2)12(4)17(6)13-7-8-14(11(3)16-5)15(18)9-13/h7-12,16,18H,1-6H3. The Morgan fingerprint density at radius 2 is 1.78 bits per heavy atom. The second-order valence-electron chi connectivity index (χ2n) is 5.35. The summed E-state index contributed by atoms with van der Waals surface area (Å²) in [6, 6.07) is 6.52. The van der Waals surface area contributed by atoms with E-state index < -0.39 is 0 Å². The maximum atomic E-state index is 10.1. The van der Waals surface area contributed by atoms with Crippen molar-refractivity contribution in [3.63, 3.8) is 0 Å². The van der Waals surface area contributed by atoms with Gasteiger partial charge in [-0.05, 0) is 32.9 Å². The van der Waals surface area contributed by atoms with E-state index >= 15 is 0 Å². The Balaban J connectivity index is 2.97. The molecule has 1 aromatic carbocycles. The highest BCUT2D eigenvalue weighted by Gasteiger charge is 2.16. The van der Waals surface area contributed by atoms with Crippen LogP contribution in [0.4, 0.5) is 5.69 Å². The van der Waals surface area contributed by atoms with Gasteiger partial charge in [-0.15, -0.1) is 0 Å². The third-order valence-electron chi connectivity index (χ3n) is 3.90. The van der Waals surface area contributed by atoms with Crippen molar-refractivity contribution < 1.29 is 5.11 Å². The normalized spacial score (nSPS) is 14.6. The van der Waals surface area contributed by atoms with Gasteiger partial charge in [0.1, 0.15) is 5.75 Å². The fraction of sp³-hybridized carbons (Fsp3) is 0.600. The lowest BCUT2D eigenvalue weighted by Crippen LogP contribution is -2.33. The molecule has 0 fully saturated rings. The number of rotatable bonds is 5. The van der Waals surface area contributed by atoms with Crippen molar-refractivity contribution in [3.05, 3.63) is 23.8 Å². The Morgan fingerprint density at radius 1 is 1.17 bits per heavy atom. The lowest BCUT2D eigenvalue weighted by Gasteiger charge is -2.30. The second-order valence-corrected chi connectivity index (χ2v) is 5.35. The Hall–Kier alpha value is -1.22. The lowest BCUT2D eigenvalue weighted by molar-refractivity contribution is 0.456. The first-order valence-electron chi connectivity index (χ1n) is 6.61. The maximum absolute atomic E-state index is 10.1. The molecule has 0 aromatic heterocycles. The zero-order chi connectivity index (χ0) is 13.9. The van der Waals surface area contributed by atoms with E-state index in [2.05, 4.69) is 44.1 Å². The largest absolute Gasteiger partial charge is 0.508 e. The number of anilines is 1. The summed E-state index contributed by atoms with van der Waals surface area (Å²) in [4.78, 5) is 2.21. The number of aromatic hydroxyl groups is 1. The third-order valence-corrected chi connectivity index (χ3v) is 3.90. The predicted molar refractivity (Wildman–Crippen MR) is 78.3 cm³/mol. The molecule has 18 heavy (non-hydrogen) atoms. The molecule has 0 saturated carbocycles. The zero-order valence-corrected chi connectivity index (χ0v) is 12.4. The zero-order valence-electron chi connectivity index (χ0n) is 12.4. The first-order valence-corrected chi connectivity index (χ1v) is 6.61. The van der Waals surface area contributed by atoms with E-state index in [0.717, 1.165) is 11.3 Å². The summed E-state index contributed by atoms with van der Waals surface area (Å²) >= 11 is 0. The SMILES string of the molecule is CNC(C)c1ccc(N(C)C(C)C(C)C)cc1O. The average Bonchev–Trinajstić information content (AvgIpc) is 2.35. The van der Waals surface area contributed by atoms with Crippen molar-refractivity contribution in [1.82, 2.24) is 5.32 Å². The molecular weight excluding hydrogens is 224 g/mol. The van der Waals surface area contributed by atoms with Crippen LogP contribution in [0.25, 0.3) is 0 Å². The lowest BCUT2D eigenvalue weighted by atomic mass is 10.0. The molecule has 0 amide bonds. The molecule has 0 bridgehead atoms. The van der Waals surface area contributed by atoms with E-state index in [-0.39, 0.29) is 6.04 Å². The number of nitrogens with zero attached hydrogens (tertiary/aromatic N) is 1. The van der Waals surface area contributed by atoms with Gasteiger partial charge < -0.3 is 15.3 Å². The fourth-order valence-electron chi connectivity index (χ4n) is 1.96. The van der Waals surface area contributed by atoms with Gasteiger partial charge in [0.15, 0.2) is 0 Å². The fourth-order valence-corrected chi connectivity index (χ4v) is 1.96. The van der Waals surface area contributed by atoms with Crippen molar-refractivity contribution in [2.75, 3.05) is 19.0 Å². The average molecular weight is 250 g/mol. The second kappa shape index (κ2) is 6.10. The van der Waals surface area contributed by atoms with E-state index in [1.807, 2.05) is 26.1 Å². The summed E-state index contributed by atoms with van der Waals surface area (Å²) in [7, 11) is 3.96. The molecule has 0 heterocycles. The van der Waals surface area contributed by atoms with Crippen LogP contribution in [0.3, 0.4) is 0 Å². The minimum absolute atomic E-state index is 0.159. The summed E-state index contributed by atoms with van der Waals surface area (Å²) in [5.41, 5.74) is 1.99. The smallest absolute Gasteiger partial charge is 0.122 e. The highest BCUT2D eigenvalue weighted by Crippen LogP contribution is 2.29. The van der Waals surface area contributed by atoms with Crippen LogP contribution in [0.15, 0.2) is 18.2 Å². The molecule has 2 N–H and O–H groups in total. The summed E-state index contributed by atoms with van der Waals surface area (Å²) in [6.07, 6.45) is 0. The number of benzene rings is 1. The number of phenols is 1. The number of hydrogen-bond acceptors (Lipinski definition) is 3. The molecule has 0 aliphatic heterocycles. The van der Waals surface area contributed by atoms with Crippen LogP contribution < -0.4 is 10.2 Å². The molecule has 1 rings (SSSR count). The van der Waals surface area contributed by atoms with Gasteiger partial charge in [-0.3, -0.25) is 0 Å². The van der Waals surface area contributed by atoms with Crippen LogP contribution in [-0.2, 0) is 0 Å². The highest BCUT2D eigenvalue weighted by molar-refractivity contribution is 5.54. The van der Waals surface area contributed by atoms with Crippen LogP contribution in [0.5, 0.6) is 5.75 Å². The quantitative estimate of drug-likeness (QED) is 0.842. The van der Waals surface area contributed by atoms with Gasteiger partial charge in [-0.25, -0.2) is 0 Å². The van der Waals surface area contributed by atoms with Crippen LogP contribution in [0.1, 0.15) is 39.3 Å². The highest BCUT2D eigenvalue weighted by atomic mass is 16.3. The van der Waals surface area contributed by atoms with Gasteiger partial charge in [0, 0.05) is 36.4 Å². The van der Waals surface area contributed by atoms with Gasteiger partial charge in [0.2, 0.25) is 0 Å². The first-order chi connectivity index (χ1) is 8.38. The molecule has 0 radical (unpaired) electrons. The molecular formula is C15H26N2O. The Morgan fingerprint density at radius 3 is 2.22 bits per heavy atom. The van der Waals surface area contributed by atoms with E-state index in [1.165, 1.54) is 0 Å². The Kier molecular flexibility index (Phi) is 5.03. The molecule has 102 valence electrons. The number of hydrogen-bond donors (Lipinski definition) is 2. The predicted octanol–water partition coefficient (Wildman–Crippen LogP) is 3.15. The number of nitrogens with one attached hydrogen (secondary N) is 1. The maximum Gasteiger partial charge on any atom is 0.122 e. The molecule has 3 heteroatoms. The Bertz CT molecular complexity index is 390. The van der Waals surface area contributed by atoms with Crippen molar-refractivity contribution >= 4 is 5.69 Å². The molecule has 0 aliphatic carbocycles. The minimum Gasteiger partial charge on any atom is -0.508 e. The van der Waals surface area contributed by atoms with Gasteiger partial charge >= 0.3 is 0 Å². The molecule has 2 unspecified atom stereocenters. The van der Waals surface area contributed by atoms with Gasteiger partial charge in [-0.1, -0.05) is 19.9 Å². The minimum atomic E-state index is 0.159. The third kappa shape index (κ3) is 3.16. The van der Waals surface area contributed by atoms with E-state index in [1.54, 1.807) is 0 Å². The van der Waals surface area contributed by atoms with E-state index in [4.69, 9.17) is 0 Å². The molecule has 3 nitrogen and oxygen atoms in total. The van der Waals surface area contributed by atoms with Crippen molar-refractivity contribution in [2.45, 2.75) is 39.8 Å². The van der Waals surface area contributed by atoms with Crippen LogP contribution in [0, 0.1) is 5.92 Å². The van der Waals surface area contributed by atoms with Crippen molar-refractivity contribution in [3.8, 4) is 5.75 Å². The topological polar surface area (TPSA) is 35.5 Å². The van der Waals surface area contributed by atoms with Crippen molar-refractivity contribution in [1.29, 1.82) is 0 Å². The molecule has 0 spiro atoms. The van der Waals surface area contributed by atoms with Crippen molar-refractivity contribution in [2.24, 2.45) is 5.92 Å². The van der Waals surface area contributed by atoms with Crippen LogP contribution >= 0.6 is 0 Å². The molecule has 1 aromatic rings. The molecule has 2 atom stereocenters. The summed E-state index contributed by atoms with van der Waals surface area (Å²) in [6.45, 7) is 8.65. The van der Waals surface area contributed by atoms with Gasteiger partial charge in [0.25, 0.3) is 0 Å². The molecule has 0 saturated heterocycles. The summed E-state index contributed by atoms with van der Waals surface area (Å²) < 4.78 is 0. The van der Waals surface area contributed by atoms with E-state index in [9.17, 15) is 5.11 Å². The monoisotopic (exact) mass is 250 g/mol. The summed E-state index contributed by atoms with van der Waals surface area (Å²) in [5, 5.41) is 13.2.